The Bertz CT molecular complexity index is 1130. The highest BCUT2D eigenvalue weighted by Gasteiger charge is 2.81. The van der Waals surface area contributed by atoms with Gasteiger partial charge in [-0.3, -0.25) is 4.79 Å². The van der Waals surface area contributed by atoms with Gasteiger partial charge in [0.2, 0.25) is 11.6 Å². The van der Waals surface area contributed by atoms with Crippen molar-refractivity contribution in [2.75, 3.05) is 20.8 Å². The molecule has 9 nitrogen and oxygen atoms in total. The Labute approximate surface area is 178 Å². The highest BCUT2D eigenvalue weighted by molar-refractivity contribution is 6.19. The van der Waals surface area contributed by atoms with Crippen molar-refractivity contribution in [3.05, 3.63) is 58.1 Å². The number of nitrogens with two attached hydrogens (primary N) is 1. The van der Waals surface area contributed by atoms with Gasteiger partial charge in [0.05, 0.1) is 19.8 Å². The molecule has 0 saturated carbocycles. The predicted molar refractivity (Wildman–Crippen MR) is 105 cm³/mol. The van der Waals surface area contributed by atoms with E-state index < -0.39 is 28.9 Å². The summed E-state index contributed by atoms with van der Waals surface area (Å²) in [6.45, 7) is 2.21. The summed E-state index contributed by atoms with van der Waals surface area (Å²) in [6.07, 6.45) is 1.36. The van der Waals surface area contributed by atoms with E-state index in [1.165, 1.54) is 12.0 Å². The van der Waals surface area contributed by atoms with Crippen LogP contribution in [0.3, 0.4) is 0 Å². The Morgan fingerprint density at radius 1 is 1.23 bits per heavy atom. The zero-order chi connectivity index (χ0) is 22.6. The second-order valence-electron chi connectivity index (χ2n) is 7.43. The van der Waals surface area contributed by atoms with E-state index in [-0.39, 0.29) is 34.8 Å². The number of rotatable bonds is 5. The van der Waals surface area contributed by atoms with Crippen LogP contribution in [0.25, 0.3) is 0 Å². The van der Waals surface area contributed by atoms with E-state index in [0.717, 1.165) is 13.5 Å². The van der Waals surface area contributed by atoms with Gasteiger partial charge < -0.3 is 24.8 Å². The molecule has 1 aliphatic carbocycles. The number of ether oxygens (including phenoxy) is 3. The monoisotopic (exact) mass is 423 g/mol. The van der Waals surface area contributed by atoms with Crippen molar-refractivity contribution in [3.8, 4) is 6.07 Å². The standard InChI is InChI=1S/C22H21N3O6/c1-4-5-10-25-16(20(28)30-3)15(19(27)29-2)21-14(11-23)18(24)31-22(21,25)13-9-7-6-8-12(13)17(21)26/h6-9H,4-5,10,24H2,1-3H3/t21-,22-/m1/s1. The minimum atomic E-state index is -1.97. The van der Waals surface area contributed by atoms with Gasteiger partial charge in [-0.25, -0.2) is 9.59 Å². The lowest BCUT2D eigenvalue weighted by molar-refractivity contribution is -0.149. The van der Waals surface area contributed by atoms with Crippen molar-refractivity contribution in [2.45, 2.75) is 25.5 Å². The molecule has 0 bridgehead atoms. The van der Waals surface area contributed by atoms with E-state index in [2.05, 4.69) is 0 Å². The lowest BCUT2D eigenvalue weighted by Crippen LogP contribution is -2.52. The van der Waals surface area contributed by atoms with Crippen LogP contribution in [-0.4, -0.2) is 43.4 Å². The summed E-state index contributed by atoms with van der Waals surface area (Å²) < 4.78 is 16.1. The molecule has 31 heavy (non-hydrogen) atoms. The highest BCUT2D eigenvalue weighted by Crippen LogP contribution is 2.70. The smallest absolute Gasteiger partial charge is 0.355 e. The molecule has 0 radical (unpaired) electrons. The summed E-state index contributed by atoms with van der Waals surface area (Å²) in [5, 5.41) is 10.0. The van der Waals surface area contributed by atoms with Crippen molar-refractivity contribution in [2.24, 2.45) is 11.1 Å². The number of esters is 2. The van der Waals surface area contributed by atoms with E-state index in [9.17, 15) is 19.6 Å². The molecule has 4 rings (SSSR count). The van der Waals surface area contributed by atoms with Crippen molar-refractivity contribution < 1.29 is 28.6 Å². The van der Waals surface area contributed by atoms with Crippen molar-refractivity contribution in [1.82, 2.24) is 4.90 Å². The molecule has 1 aromatic rings. The number of carbonyl (C=O) groups excluding carboxylic acids is 3. The Balaban J connectivity index is 2.19. The Hall–Kier alpha value is -3.80. The SMILES string of the molecule is CCCCN1C(C(=O)OC)=C(C(=O)OC)[C@]23C(=O)c4ccccc4[C@]12OC(N)=C3C#N. The minimum absolute atomic E-state index is 0.161. The van der Waals surface area contributed by atoms with Gasteiger partial charge in [0.25, 0.3) is 0 Å². The molecule has 1 aromatic carbocycles. The van der Waals surface area contributed by atoms with Crippen LogP contribution in [0, 0.1) is 16.7 Å². The van der Waals surface area contributed by atoms with Gasteiger partial charge in [-0.2, -0.15) is 5.26 Å². The number of benzene rings is 1. The van der Waals surface area contributed by atoms with Gasteiger partial charge in [0, 0.05) is 17.7 Å². The van der Waals surface area contributed by atoms with Crippen LogP contribution < -0.4 is 5.73 Å². The van der Waals surface area contributed by atoms with E-state index in [1.54, 1.807) is 24.3 Å². The molecule has 3 aliphatic rings. The third kappa shape index (κ3) is 2.11. The van der Waals surface area contributed by atoms with Crippen LogP contribution in [0.5, 0.6) is 0 Å². The second kappa shape index (κ2) is 6.87. The van der Waals surface area contributed by atoms with Crippen molar-refractivity contribution >= 4 is 17.7 Å². The molecule has 0 aromatic heterocycles. The maximum atomic E-state index is 14.0. The molecule has 0 spiro atoms. The first-order valence-corrected chi connectivity index (χ1v) is 9.81. The fraction of sp³-hybridized carbons (Fsp3) is 0.364. The Morgan fingerprint density at radius 3 is 2.52 bits per heavy atom. The number of methoxy groups -OCH3 is 2. The summed E-state index contributed by atoms with van der Waals surface area (Å²) in [7, 11) is 2.31. The molecular formula is C22H21N3O6. The first-order valence-electron chi connectivity index (χ1n) is 9.81. The van der Waals surface area contributed by atoms with E-state index in [1.807, 2.05) is 13.0 Å². The average Bonchev–Trinajstić information content (AvgIpc) is 3.27. The number of nitriles is 1. The quantitative estimate of drug-likeness (QED) is 0.699. The first kappa shape index (κ1) is 20.5. The summed E-state index contributed by atoms with van der Waals surface area (Å²) in [5.41, 5.74) is 2.45. The maximum Gasteiger partial charge on any atom is 0.355 e. The molecule has 2 aliphatic heterocycles. The number of fused-ring (bicyclic) bond motifs is 1. The lowest BCUT2D eigenvalue weighted by atomic mass is 9.68. The molecule has 0 amide bonds. The molecule has 160 valence electrons. The Kier molecular flexibility index (Phi) is 4.54. The summed E-state index contributed by atoms with van der Waals surface area (Å²) in [4.78, 5) is 41.5. The van der Waals surface area contributed by atoms with Crippen LogP contribution in [0.1, 0.15) is 35.7 Å². The van der Waals surface area contributed by atoms with E-state index in [4.69, 9.17) is 19.9 Å². The minimum Gasteiger partial charge on any atom is -0.466 e. The van der Waals surface area contributed by atoms with Crippen LogP contribution in [-0.2, 0) is 29.5 Å². The number of unbranched alkanes of at least 4 members (excludes halogenated alkanes) is 1. The van der Waals surface area contributed by atoms with Gasteiger partial charge in [-0.15, -0.1) is 0 Å². The van der Waals surface area contributed by atoms with Gasteiger partial charge in [-0.05, 0) is 6.42 Å². The molecule has 2 N–H and O–H groups in total. The number of nitrogens with zero attached hydrogens (tertiary/aromatic N) is 2. The third-order valence-corrected chi connectivity index (χ3v) is 6.14. The first-order chi connectivity index (χ1) is 14.9. The predicted octanol–water partition coefficient (Wildman–Crippen LogP) is 1.46. The molecule has 2 heterocycles. The highest BCUT2D eigenvalue weighted by atomic mass is 16.6. The largest absolute Gasteiger partial charge is 0.466 e. The average molecular weight is 423 g/mol. The second-order valence-corrected chi connectivity index (χ2v) is 7.43. The third-order valence-electron chi connectivity index (χ3n) is 6.14. The number of ketones is 1. The van der Waals surface area contributed by atoms with Crippen LogP contribution in [0.15, 0.2) is 47.0 Å². The van der Waals surface area contributed by atoms with Gasteiger partial charge >= 0.3 is 11.9 Å². The molecule has 0 saturated heterocycles. The number of hydrogen-bond acceptors (Lipinski definition) is 9. The molecule has 9 heteroatoms. The fourth-order valence-corrected chi connectivity index (χ4v) is 5.01. The Morgan fingerprint density at radius 2 is 1.90 bits per heavy atom. The molecular weight excluding hydrogens is 402 g/mol. The zero-order valence-corrected chi connectivity index (χ0v) is 17.4. The molecule has 0 fully saturated rings. The molecule has 0 unspecified atom stereocenters. The van der Waals surface area contributed by atoms with E-state index in [0.29, 0.717) is 12.0 Å². The van der Waals surface area contributed by atoms with Gasteiger partial charge in [0.1, 0.15) is 17.3 Å². The van der Waals surface area contributed by atoms with Crippen LogP contribution in [0.2, 0.25) is 0 Å². The normalized spacial score (nSPS) is 25.6. The molecule has 2 atom stereocenters. The van der Waals surface area contributed by atoms with Crippen molar-refractivity contribution in [3.63, 3.8) is 0 Å². The van der Waals surface area contributed by atoms with Crippen LogP contribution >= 0.6 is 0 Å². The van der Waals surface area contributed by atoms with Crippen LogP contribution in [0.4, 0.5) is 0 Å². The maximum absolute atomic E-state index is 14.0. The lowest BCUT2D eigenvalue weighted by Gasteiger charge is -2.41. The summed E-state index contributed by atoms with van der Waals surface area (Å²) in [6, 6.07) is 8.63. The van der Waals surface area contributed by atoms with E-state index >= 15 is 0 Å². The summed E-state index contributed by atoms with van der Waals surface area (Å²) >= 11 is 0. The topological polar surface area (TPSA) is 132 Å². The number of carbonyl (C=O) groups is 3. The zero-order valence-electron chi connectivity index (χ0n) is 17.4. The van der Waals surface area contributed by atoms with Gasteiger partial charge in [-0.1, -0.05) is 37.6 Å². The fourth-order valence-electron chi connectivity index (χ4n) is 5.01. The summed E-state index contributed by atoms with van der Waals surface area (Å²) in [5.74, 6) is -2.59. The van der Waals surface area contributed by atoms with Crippen molar-refractivity contribution in [1.29, 1.82) is 5.26 Å². The van der Waals surface area contributed by atoms with Gasteiger partial charge in [0.15, 0.2) is 11.2 Å². The number of Topliss-reactive ketones (excluding diaryl/α,β-unsaturated/α-hetero) is 1. The number of hydrogen-bond donors (Lipinski definition) is 1.